The van der Waals surface area contributed by atoms with Crippen molar-refractivity contribution in [1.82, 2.24) is 45.8 Å². The van der Waals surface area contributed by atoms with E-state index in [4.69, 9.17) is 5.11 Å². The number of carbonyl (C=O) groups is 10. The van der Waals surface area contributed by atoms with E-state index in [2.05, 4.69) is 21.3 Å². The fraction of sp³-hybridized carbons (Fsp3) is 0.509. The quantitative estimate of drug-likeness (QED) is 0.0495. The van der Waals surface area contributed by atoms with E-state index in [1.54, 1.807) is 31.7 Å². The van der Waals surface area contributed by atoms with E-state index in [0.717, 1.165) is 21.9 Å². The van der Waals surface area contributed by atoms with Crippen LogP contribution in [0, 0.1) is 0 Å². The summed E-state index contributed by atoms with van der Waals surface area (Å²) in [4.78, 5) is 132. The van der Waals surface area contributed by atoms with Crippen LogP contribution in [0.4, 0.5) is 4.79 Å². The van der Waals surface area contributed by atoms with Crippen LogP contribution in [0.5, 0.6) is 0 Å². The van der Waals surface area contributed by atoms with Crippen LogP contribution in [0.2, 0.25) is 0 Å². The molecule has 0 radical (unpaired) electrons. The van der Waals surface area contributed by atoms with E-state index in [1.165, 1.54) is 0 Å². The van der Waals surface area contributed by atoms with E-state index >= 15 is 0 Å². The first-order valence-corrected chi connectivity index (χ1v) is 26.0. The van der Waals surface area contributed by atoms with E-state index in [1.807, 2.05) is 59.5 Å². The van der Waals surface area contributed by atoms with Crippen molar-refractivity contribution in [2.45, 2.75) is 75.4 Å². The highest BCUT2D eigenvalue weighted by molar-refractivity contribution is 5.98. The van der Waals surface area contributed by atoms with Crippen molar-refractivity contribution in [2.24, 2.45) is 0 Å². The van der Waals surface area contributed by atoms with Crippen molar-refractivity contribution in [3.8, 4) is 0 Å². The molecule has 78 heavy (non-hydrogen) atoms. The third-order valence-electron chi connectivity index (χ3n) is 13.8. The third kappa shape index (κ3) is 21.0. The SMILES string of the molecule is O=C(O)CC[C@H](NC(=O)N[C@@H](CCCCNC(=O)[C@H](Cc1ccc2ccccc2c1)NC(=O)c1ccc(C2CCN(C(=O)CN3CCN(CC(=O)O)CCN(CC(=O)O)CCN(CC(=O)O)CC3)CC2)cc1)C(=O)O)C(=O)O. The number of urea groups is 1. The molecule has 0 bridgehead atoms. The minimum absolute atomic E-state index is 0.0353. The number of nitrogens with zero attached hydrogens (tertiary/aromatic N) is 5. The van der Waals surface area contributed by atoms with E-state index in [0.29, 0.717) is 57.7 Å². The largest absolute Gasteiger partial charge is 0.481 e. The molecule has 10 N–H and O–H groups in total. The summed E-state index contributed by atoms with van der Waals surface area (Å²) >= 11 is 0. The number of piperidine rings is 1. The van der Waals surface area contributed by atoms with Crippen LogP contribution in [-0.2, 0) is 44.8 Å². The number of fused-ring (bicyclic) bond motifs is 1. The first-order chi connectivity index (χ1) is 37.2. The molecule has 2 aliphatic rings. The van der Waals surface area contributed by atoms with Crippen LogP contribution >= 0.6 is 0 Å². The molecule has 3 aromatic rings. The lowest BCUT2D eigenvalue weighted by Crippen LogP contribution is -2.51. The van der Waals surface area contributed by atoms with Gasteiger partial charge in [0.1, 0.15) is 18.1 Å². The van der Waals surface area contributed by atoms with Gasteiger partial charge in [0.15, 0.2) is 0 Å². The highest BCUT2D eigenvalue weighted by Crippen LogP contribution is 2.28. The zero-order valence-electron chi connectivity index (χ0n) is 43.4. The molecular weight excluding hydrogens is 1020 g/mol. The molecule has 3 aromatic carbocycles. The molecule has 25 heteroatoms. The Morgan fingerprint density at radius 2 is 1.01 bits per heavy atom. The molecular formula is C53H71N9O16. The van der Waals surface area contributed by atoms with E-state index in [9.17, 15) is 73.5 Å². The lowest BCUT2D eigenvalue weighted by atomic mass is 9.89. The highest BCUT2D eigenvalue weighted by Gasteiger charge is 2.29. The Balaban J connectivity index is 1.16. The van der Waals surface area contributed by atoms with Crippen molar-refractivity contribution in [2.75, 3.05) is 98.2 Å². The first kappa shape index (κ1) is 61.1. The van der Waals surface area contributed by atoms with Crippen molar-refractivity contribution < 1.29 is 78.6 Å². The number of carboxylic acids is 6. The zero-order chi connectivity index (χ0) is 56.7. The van der Waals surface area contributed by atoms with Crippen LogP contribution in [0.25, 0.3) is 10.8 Å². The maximum absolute atomic E-state index is 13.8. The van der Waals surface area contributed by atoms with E-state index < -0.39 is 84.6 Å². The lowest BCUT2D eigenvalue weighted by molar-refractivity contribution is -0.141. The minimum atomic E-state index is -1.55. The minimum Gasteiger partial charge on any atom is -0.481 e. The van der Waals surface area contributed by atoms with Crippen molar-refractivity contribution in [3.63, 3.8) is 0 Å². The number of unbranched alkanes of at least 4 members (excludes halogenated alkanes) is 1. The summed E-state index contributed by atoms with van der Waals surface area (Å²) in [6.07, 6.45) is 0.898. The van der Waals surface area contributed by atoms with Gasteiger partial charge >= 0.3 is 41.8 Å². The molecule has 25 nitrogen and oxygen atoms in total. The van der Waals surface area contributed by atoms with Crippen LogP contribution in [0.3, 0.4) is 0 Å². The molecule has 5 rings (SSSR count). The molecule has 0 spiro atoms. The average molecular weight is 1090 g/mol. The van der Waals surface area contributed by atoms with Crippen LogP contribution in [0.15, 0.2) is 66.7 Å². The van der Waals surface area contributed by atoms with Crippen molar-refractivity contribution >= 4 is 70.3 Å². The Bertz CT molecular complexity index is 2540. The van der Waals surface area contributed by atoms with Gasteiger partial charge in [0.2, 0.25) is 11.8 Å². The topological polar surface area (TPSA) is 356 Å². The molecule has 5 amide bonds. The summed E-state index contributed by atoms with van der Waals surface area (Å²) < 4.78 is 0. The van der Waals surface area contributed by atoms with Gasteiger partial charge in [-0.3, -0.25) is 53.2 Å². The Labute approximate surface area is 450 Å². The average Bonchev–Trinajstić information content (AvgIpc) is 3.39. The summed E-state index contributed by atoms with van der Waals surface area (Å²) in [5, 5.41) is 68.4. The molecule has 424 valence electrons. The molecule has 2 saturated heterocycles. The number of likely N-dealkylation sites (tertiary alicyclic amines) is 1. The predicted octanol–water partition coefficient (Wildman–Crippen LogP) is 0.719. The Kier molecular flexibility index (Phi) is 24.2. The maximum atomic E-state index is 13.8. The zero-order valence-corrected chi connectivity index (χ0v) is 43.4. The van der Waals surface area contributed by atoms with Crippen LogP contribution in [0.1, 0.15) is 72.3 Å². The van der Waals surface area contributed by atoms with Gasteiger partial charge < -0.3 is 56.8 Å². The van der Waals surface area contributed by atoms with Gasteiger partial charge in [-0.1, -0.05) is 54.6 Å². The molecule has 2 fully saturated rings. The number of amides is 5. The smallest absolute Gasteiger partial charge is 0.326 e. The number of carboxylic acid groups (broad SMARTS) is 6. The Hall–Kier alpha value is -7.74. The Morgan fingerprint density at radius 1 is 0.513 bits per heavy atom. The number of aliphatic carboxylic acids is 6. The fourth-order valence-electron chi connectivity index (χ4n) is 9.45. The monoisotopic (exact) mass is 1090 g/mol. The summed E-state index contributed by atoms with van der Waals surface area (Å²) in [7, 11) is 0. The van der Waals surface area contributed by atoms with Gasteiger partial charge in [-0.25, -0.2) is 14.4 Å². The van der Waals surface area contributed by atoms with Crippen molar-refractivity contribution in [3.05, 3.63) is 83.4 Å². The number of rotatable bonds is 26. The van der Waals surface area contributed by atoms with Gasteiger partial charge in [-0.05, 0) is 78.5 Å². The summed E-state index contributed by atoms with van der Waals surface area (Å²) in [6, 6.07) is 15.4. The molecule has 0 aromatic heterocycles. The third-order valence-corrected chi connectivity index (χ3v) is 13.8. The van der Waals surface area contributed by atoms with Gasteiger partial charge in [0.25, 0.3) is 5.91 Å². The normalized spacial score (nSPS) is 16.8. The molecule has 3 atom stereocenters. The second-order valence-electron chi connectivity index (χ2n) is 19.6. The van der Waals surface area contributed by atoms with Gasteiger partial charge in [0.05, 0.1) is 26.2 Å². The summed E-state index contributed by atoms with van der Waals surface area (Å²) in [5.41, 5.74) is 2.06. The maximum Gasteiger partial charge on any atom is 0.326 e. The number of hydrogen-bond acceptors (Lipinski definition) is 14. The number of carbonyl (C=O) groups excluding carboxylic acids is 4. The highest BCUT2D eigenvalue weighted by atomic mass is 16.4. The van der Waals surface area contributed by atoms with Crippen molar-refractivity contribution in [1.29, 1.82) is 0 Å². The lowest BCUT2D eigenvalue weighted by Gasteiger charge is -2.35. The summed E-state index contributed by atoms with van der Waals surface area (Å²) in [5.74, 6) is -8.29. The second kappa shape index (κ2) is 30.9. The van der Waals surface area contributed by atoms with Crippen LogP contribution < -0.4 is 21.3 Å². The standard InChI is InChI=1S/C53H71N9O16/c63-44(31-58-21-23-59(32-46(66)67)25-27-61(34-48(70)71)28-26-60(24-22-58)33-47(68)69)62-19-16-38(17-20-62)37-10-12-39(13-11-37)49(72)55-43(30-35-8-9-36-5-1-2-6-40(36)29-35)50(73)54-18-4-3-7-41(51(74)75)56-53(78)57-42(52(76)77)14-15-45(64)65/h1-2,5-6,8-13,29,38,41-43H,3-4,7,14-28,30-34H2,(H,54,73)(H,55,72)(H,64,65)(H,66,67)(H,68,69)(H,70,71)(H,74,75)(H,76,77)(H2,56,57,78)/t41-,42-,43-/m0/s1. The molecule has 0 aliphatic carbocycles. The number of benzene rings is 3. The molecule has 0 saturated carbocycles. The fourth-order valence-corrected chi connectivity index (χ4v) is 9.45. The van der Waals surface area contributed by atoms with Gasteiger partial charge in [-0.15, -0.1) is 0 Å². The predicted molar refractivity (Wildman–Crippen MR) is 281 cm³/mol. The van der Waals surface area contributed by atoms with Gasteiger partial charge in [-0.2, -0.15) is 0 Å². The second-order valence-corrected chi connectivity index (χ2v) is 19.6. The van der Waals surface area contributed by atoms with Crippen LogP contribution in [-0.4, -0.2) is 231 Å². The molecule has 2 aliphatic heterocycles. The number of nitrogens with one attached hydrogen (secondary N) is 4. The Morgan fingerprint density at radius 3 is 1.51 bits per heavy atom. The van der Waals surface area contributed by atoms with Gasteiger partial charge in [0, 0.05) is 90.4 Å². The van der Waals surface area contributed by atoms with E-state index in [-0.39, 0.29) is 96.4 Å². The number of hydrogen-bond donors (Lipinski definition) is 10. The molecule has 2 heterocycles. The first-order valence-electron chi connectivity index (χ1n) is 26.0. The molecule has 0 unspecified atom stereocenters. The summed E-state index contributed by atoms with van der Waals surface area (Å²) in [6.45, 7) is 2.52.